The Bertz CT molecular complexity index is 676. The van der Waals surface area contributed by atoms with Crippen molar-refractivity contribution in [1.29, 1.82) is 0 Å². The van der Waals surface area contributed by atoms with Crippen molar-refractivity contribution in [1.82, 2.24) is 5.32 Å². The van der Waals surface area contributed by atoms with E-state index in [0.717, 1.165) is 19.3 Å². The number of hydrogen-bond donors (Lipinski definition) is 1. The van der Waals surface area contributed by atoms with Gasteiger partial charge in [-0.1, -0.05) is 34.9 Å². The van der Waals surface area contributed by atoms with Crippen LogP contribution in [0.15, 0.2) is 29.8 Å². The third kappa shape index (κ3) is 6.89. The van der Waals surface area contributed by atoms with E-state index in [0.29, 0.717) is 22.3 Å². The third-order valence-corrected chi connectivity index (χ3v) is 4.58. The minimum atomic E-state index is -0.882. The molecule has 142 valence electrons. The van der Waals surface area contributed by atoms with E-state index in [1.807, 2.05) is 0 Å². The molecular weight excluding hydrogens is 377 g/mol. The van der Waals surface area contributed by atoms with E-state index in [-0.39, 0.29) is 12.5 Å². The SMILES string of the molecule is C[C@@H](OC(=O)COc1ccc(Cl)cc1Cl)C(=O)NCCC1=CCCCC1. The highest BCUT2D eigenvalue weighted by Gasteiger charge is 2.18. The Morgan fingerprint density at radius 2 is 2.08 bits per heavy atom. The standard InChI is InChI=1S/C19H23Cl2NO4/c1-13(19(24)22-10-9-14-5-3-2-4-6-14)26-18(23)12-25-17-8-7-15(20)11-16(17)21/h5,7-8,11,13H,2-4,6,9-10,12H2,1H3,(H,22,24)/t13-/m1/s1. The number of esters is 1. The van der Waals surface area contributed by atoms with Crippen molar-refractivity contribution in [2.24, 2.45) is 0 Å². The molecular formula is C19H23Cl2NO4. The van der Waals surface area contributed by atoms with Gasteiger partial charge in [0.1, 0.15) is 5.75 Å². The average molecular weight is 400 g/mol. The minimum absolute atomic E-state index is 0.299. The summed E-state index contributed by atoms with van der Waals surface area (Å²) in [5.41, 5.74) is 1.38. The quantitative estimate of drug-likeness (QED) is 0.522. The summed E-state index contributed by atoms with van der Waals surface area (Å²) in [7, 11) is 0. The van der Waals surface area contributed by atoms with Gasteiger partial charge in [-0.3, -0.25) is 4.79 Å². The normalized spacial score (nSPS) is 15.0. The van der Waals surface area contributed by atoms with Crippen LogP contribution in [0.5, 0.6) is 5.75 Å². The molecule has 0 radical (unpaired) electrons. The van der Waals surface area contributed by atoms with Crippen LogP contribution in [0.2, 0.25) is 10.0 Å². The number of rotatable bonds is 8. The van der Waals surface area contributed by atoms with Crippen molar-refractivity contribution < 1.29 is 19.1 Å². The van der Waals surface area contributed by atoms with Gasteiger partial charge in [0.15, 0.2) is 12.7 Å². The summed E-state index contributed by atoms with van der Waals surface area (Å²) in [6, 6.07) is 4.68. The summed E-state index contributed by atoms with van der Waals surface area (Å²) in [6.07, 6.45) is 6.88. The average Bonchev–Trinajstić information content (AvgIpc) is 2.61. The lowest BCUT2D eigenvalue weighted by molar-refractivity contribution is -0.156. The van der Waals surface area contributed by atoms with E-state index >= 15 is 0 Å². The molecule has 1 aliphatic rings. The van der Waals surface area contributed by atoms with Crippen LogP contribution in [0, 0.1) is 0 Å². The first-order valence-corrected chi connectivity index (χ1v) is 9.44. The van der Waals surface area contributed by atoms with Crippen molar-refractivity contribution in [3.8, 4) is 5.75 Å². The first-order chi connectivity index (χ1) is 12.5. The van der Waals surface area contributed by atoms with Gasteiger partial charge in [-0.25, -0.2) is 4.79 Å². The first kappa shape index (κ1) is 20.6. The second kappa shape index (κ2) is 10.4. The highest BCUT2D eigenvalue weighted by Crippen LogP contribution is 2.27. The lowest BCUT2D eigenvalue weighted by Gasteiger charge is -2.16. The first-order valence-electron chi connectivity index (χ1n) is 8.68. The van der Waals surface area contributed by atoms with Crippen LogP contribution in [0.3, 0.4) is 0 Å². The maximum absolute atomic E-state index is 12.0. The minimum Gasteiger partial charge on any atom is -0.480 e. The van der Waals surface area contributed by atoms with Gasteiger partial charge in [-0.2, -0.15) is 0 Å². The highest BCUT2D eigenvalue weighted by atomic mass is 35.5. The zero-order chi connectivity index (χ0) is 18.9. The van der Waals surface area contributed by atoms with Crippen molar-refractivity contribution >= 4 is 35.1 Å². The molecule has 0 saturated heterocycles. The number of carbonyl (C=O) groups excluding carboxylic acids is 2. The molecule has 0 saturated carbocycles. The number of hydrogen-bond acceptors (Lipinski definition) is 4. The molecule has 0 fully saturated rings. The monoisotopic (exact) mass is 399 g/mol. The lowest BCUT2D eigenvalue weighted by atomic mass is 9.97. The highest BCUT2D eigenvalue weighted by molar-refractivity contribution is 6.35. The molecule has 0 spiro atoms. The van der Waals surface area contributed by atoms with Gasteiger partial charge >= 0.3 is 5.97 Å². The van der Waals surface area contributed by atoms with Crippen LogP contribution in [0.4, 0.5) is 0 Å². The molecule has 5 nitrogen and oxygen atoms in total. The van der Waals surface area contributed by atoms with Crippen LogP contribution >= 0.6 is 23.2 Å². The summed E-state index contributed by atoms with van der Waals surface area (Å²) in [5, 5.41) is 3.56. The summed E-state index contributed by atoms with van der Waals surface area (Å²) in [5.74, 6) is -0.640. The van der Waals surface area contributed by atoms with E-state index in [9.17, 15) is 9.59 Å². The predicted molar refractivity (Wildman–Crippen MR) is 102 cm³/mol. The number of benzene rings is 1. The molecule has 1 aromatic rings. The molecule has 1 aromatic carbocycles. The Labute approximate surface area is 163 Å². The smallest absolute Gasteiger partial charge is 0.344 e. The van der Waals surface area contributed by atoms with Gasteiger partial charge in [0.2, 0.25) is 0 Å². The van der Waals surface area contributed by atoms with Crippen LogP contribution < -0.4 is 10.1 Å². The molecule has 1 N–H and O–H groups in total. The zero-order valence-corrected chi connectivity index (χ0v) is 16.2. The van der Waals surface area contributed by atoms with Crippen molar-refractivity contribution in [3.63, 3.8) is 0 Å². The van der Waals surface area contributed by atoms with Crippen LogP contribution in [0.25, 0.3) is 0 Å². The molecule has 0 aromatic heterocycles. The maximum atomic E-state index is 12.0. The van der Waals surface area contributed by atoms with E-state index < -0.39 is 12.1 Å². The summed E-state index contributed by atoms with van der Waals surface area (Å²) >= 11 is 11.8. The number of carbonyl (C=O) groups is 2. The van der Waals surface area contributed by atoms with E-state index in [1.54, 1.807) is 12.1 Å². The molecule has 0 unspecified atom stereocenters. The number of nitrogens with one attached hydrogen (secondary N) is 1. The van der Waals surface area contributed by atoms with Gasteiger partial charge in [0.05, 0.1) is 5.02 Å². The molecule has 0 heterocycles. The van der Waals surface area contributed by atoms with Crippen molar-refractivity contribution in [2.75, 3.05) is 13.2 Å². The molecule has 26 heavy (non-hydrogen) atoms. The fourth-order valence-corrected chi connectivity index (χ4v) is 3.10. The number of halogens is 2. The maximum Gasteiger partial charge on any atom is 0.344 e. The van der Waals surface area contributed by atoms with Gasteiger partial charge in [-0.05, 0) is 57.2 Å². The largest absolute Gasteiger partial charge is 0.480 e. The molecule has 1 atom stereocenters. The van der Waals surface area contributed by atoms with Crippen LogP contribution in [-0.4, -0.2) is 31.1 Å². The molecule has 0 bridgehead atoms. The van der Waals surface area contributed by atoms with Gasteiger partial charge in [0, 0.05) is 11.6 Å². The Kier molecular flexibility index (Phi) is 8.26. The Morgan fingerprint density at radius 3 is 2.77 bits per heavy atom. The third-order valence-electron chi connectivity index (χ3n) is 4.05. The van der Waals surface area contributed by atoms with Crippen LogP contribution in [-0.2, 0) is 14.3 Å². The van der Waals surface area contributed by atoms with Crippen molar-refractivity contribution in [2.45, 2.75) is 45.1 Å². The van der Waals surface area contributed by atoms with E-state index in [1.165, 1.54) is 31.4 Å². The summed E-state index contributed by atoms with van der Waals surface area (Å²) in [4.78, 5) is 23.8. The molecule has 1 aliphatic carbocycles. The summed E-state index contributed by atoms with van der Waals surface area (Å²) in [6.45, 7) is 1.73. The van der Waals surface area contributed by atoms with Crippen LogP contribution in [0.1, 0.15) is 39.0 Å². The summed E-state index contributed by atoms with van der Waals surface area (Å²) < 4.78 is 10.4. The van der Waals surface area contributed by atoms with E-state index in [2.05, 4.69) is 11.4 Å². The van der Waals surface area contributed by atoms with Gasteiger partial charge in [-0.15, -0.1) is 0 Å². The molecule has 0 aliphatic heterocycles. The number of allylic oxidation sites excluding steroid dienone is 1. The Balaban J connectivity index is 1.68. The fraction of sp³-hybridized carbons (Fsp3) is 0.474. The van der Waals surface area contributed by atoms with Gasteiger partial charge in [0.25, 0.3) is 5.91 Å². The Morgan fingerprint density at radius 1 is 1.27 bits per heavy atom. The second-order valence-electron chi connectivity index (χ2n) is 6.14. The molecule has 1 amide bonds. The van der Waals surface area contributed by atoms with E-state index in [4.69, 9.17) is 32.7 Å². The fourth-order valence-electron chi connectivity index (χ4n) is 2.64. The second-order valence-corrected chi connectivity index (χ2v) is 6.99. The van der Waals surface area contributed by atoms with Gasteiger partial charge < -0.3 is 14.8 Å². The Hall–Kier alpha value is -1.72. The van der Waals surface area contributed by atoms with Crippen molar-refractivity contribution in [3.05, 3.63) is 39.9 Å². The lowest BCUT2D eigenvalue weighted by Crippen LogP contribution is -2.37. The molecule has 2 rings (SSSR count). The molecule has 7 heteroatoms. The number of ether oxygens (including phenoxy) is 2. The topological polar surface area (TPSA) is 64.6 Å². The predicted octanol–water partition coefficient (Wildman–Crippen LogP) is 4.31. The number of amides is 1. The zero-order valence-electron chi connectivity index (χ0n) is 14.7.